The number of aldehydes is 1. The summed E-state index contributed by atoms with van der Waals surface area (Å²) in [5.74, 6) is 0. The molecule has 1 aliphatic carbocycles. The fraction of sp³-hybridized carbons (Fsp3) is 0.778. The molecule has 0 aromatic rings. The highest BCUT2D eigenvalue weighted by Crippen LogP contribution is 2.35. The Morgan fingerprint density at radius 3 is 2.92 bits per heavy atom. The molecule has 0 aromatic heterocycles. The predicted octanol–water partition coefficient (Wildman–Crippen LogP) is 1.47. The van der Waals surface area contributed by atoms with E-state index in [1.54, 1.807) is 6.08 Å². The first-order chi connectivity index (χ1) is 5.73. The van der Waals surface area contributed by atoms with Gasteiger partial charge in [0.15, 0.2) is 0 Å². The van der Waals surface area contributed by atoms with Gasteiger partial charge in [0.2, 0.25) is 6.08 Å². The number of carbonyl (C=O) groups excluding carboxylic acids is 2. The Balaban J connectivity index is 2.79. The SMILES string of the molecule is CC1(C=O)CCCCC1N=C=O. The fourth-order valence-corrected chi connectivity index (χ4v) is 1.75. The summed E-state index contributed by atoms with van der Waals surface area (Å²) in [4.78, 5) is 24.5. The van der Waals surface area contributed by atoms with E-state index in [1.807, 2.05) is 6.92 Å². The van der Waals surface area contributed by atoms with E-state index in [0.29, 0.717) is 0 Å². The Kier molecular flexibility index (Phi) is 2.77. The lowest BCUT2D eigenvalue weighted by atomic mass is 9.73. The molecule has 0 saturated heterocycles. The summed E-state index contributed by atoms with van der Waals surface area (Å²) < 4.78 is 0. The van der Waals surface area contributed by atoms with E-state index in [2.05, 4.69) is 4.99 Å². The Bertz CT molecular complexity index is 221. The first-order valence-corrected chi connectivity index (χ1v) is 4.26. The molecule has 2 atom stereocenters. The van der Waals surface area contributed by atoms with Gasteiger partial charge in [0.1, 0.15) is 6.29 Å². The Morgan fingerprint density at radius 1 is 1.58 bits per heavy atom. The van der Waals surface area contributed by atoms with E-state index < -0.39 is 5.41 Å². The van der Waals surface area contributed by atoms with Crippen LogP contribution in [0.25, 0.3) is 0 Å². The lowest BCUT2D eigenvalue weighted by Crippen LogP contribution is -2.35. The number of isocyanates is 1. The minimum Gasteiger partial charge on any atom is -0.303 e. The van der Waals surface area contributed by atoms with Crippen molar-refractivity contribution in [1.82, 2.24) is 0 Å². The zero-order valence-electron chi connectivity index (χ0n) is 7.25. The summed E-state index contributed by atoms with van der Waals surface area (Å²) in [6.45, 7) is 1.87. The van der Waals surface area contributed by atoms with Crippen LogP contribution >= 0.6 is 0 Å². The standard InChI is InChI=1S/C9H13NO2/c1-9(6-11)5-3-2-4-8(9)10-7-12/h6,8H,2-5H2,1H3. The smallest absolute Gasteiger partial charge is 0.235 e. The first-order valence-electron chi connectivity index (χ1n) is 4.26. The number of rotatable bonds is 2. The molecule has 0 heterocycles. The summed E-state index contributed by atoms with van der Waals surface area (Å²) in [5.41, 5.74) is -0.421. The van der Waals surface area contributed by atoms with Gasteiger partial charge < -0.3 is 4.79 Å². The van der Waals surface area contributed by atoms with Crippen LogP contribution in [0.4, 0.5) is 0 Å². The van der Waals surface area contributed by atoms with Crippen molar-refractivity contribution in [2.45, 2.75) is 38.6 Å². The van der Waals surface area contributed by atoms with Gasteiger partial charge in [0.25, 0.3) is 0 Å². The zero-order chi connectivity index (χ0) is 9.03. The maximum atomic E-state index is 10.8. The van der Waals surface area contributed by atoms with Crippen LogP contribution in [0.2, 0.25) is 0 Å². The van der Waals surface area contributed by atoms with E-state index >= 15 is 0 Å². The molecule has 0 N–H and O–H groups in total. The molecular weight excluding hydrogens is 154 g/mol. The van der Waals surface area contributed by atoms with Gasteiger partial charge in [-0.15, -0.1) is 0 Å². The van der Waals surface area contributed by atoms with Crippen molar-refractivity contribution in [3.05, 3.63) is 0 Å². The van der Waals surface area contributed by atoms with Gasteiger partial charge in [-0.1, -0.05) is 19.8 Å². The molecule has 0 spiro atoms. The average Bonchev–Trinajstić information content (AvgIpc) is 2.10. The molecular formula is C9H13NO2. The third-order valence-electron chi connectivity index (χ3n) is 2.68. The van der Waals surface area contributed by atoms with Crippen molar-refractivity contribution in [3.8, 4) is 0 Å². The molecule has 1 rings (SSSR count). The summed E-state index contributed by atoms with van der Waals surface area (Å²) in [6.07, 6.45) is 6.26. The molecule has 1 saturated carbocycles. The van der Waals surface area contributed by atoms with Crippen LogP contribution in [-0.2, 0) is 9.59 Å². The van der Waals surface area contributed by atoms with Crippen molar-refractivity contribution < 1.29 is 9.59 Å². The molecule has 66 valence electrons. The van der Waals surface area contributed by atoms with Gasteiger partial charge in [-0.2, -0.15) is 0 Å². The van der Waals surface area contributed by atoms with Gasteiger partial charge in [0.05, 0.1) is 6.04 Å². The topological polar surface area (TPSA) is 46.5 Å². The summed E-state index contributed by atoms with van der Waals surface area (Å²) in [6, 6.07) is -0.138. The summed E-state index contributed by atoms with van der Waals surface area (Å²) >= 11 is 0. The number of nitrogens with zero attached hydrogens (tertiary/aromatic N) is 1. The molecule has 12 heavy (non-hydrogen) atoms. The normalized spacial score (nSPS) is 35.2. The van der Waals surface area contributed by atoms with Crippen molar-refractivity contribution in [3.63, 3.8) is 0 Å². The predicted molar refractivity (Wildman–Crippen MR) is 44.5 cm³/mol. The highest BCUT2D eigenvalue weighted by molar-refractivity contribution is 5.61. The van der Waals surface area contributed by atoms with Crippen LogP contribution in [0.3, 0.4) is 0 Å². The van der Waals surface area contributed by atoms with E-state index in [0.717, 1.165) is 32.0 Å². The third-order valence-corrected chi connectivity index (χ3v) is 2.68. The van der Waals surface area contributed by atoms with Crippen LogP contribution in [0.5, 0.6) is 0 Å². The Morgan fingerprint density at radius 2 is 2.33 bits per heavy atom. The minimum absolute atomic E-state index is 0.138. The highest BCUT2D eigenvalue weighted by atomic mass is 16.1. The van der Waals surface area contributed by atoms with Crippen molar-refractivity contribution in [1.29, 1.82) is 0 Å². The molecule has 3 heteroatoms. The Hall–Kier alpha value is -0.950. The Labute approximate surface area is 71.9 Å². The molecule has 1 fully saturated rings. The third kappa shape index (κ3) is 1.62. The number of hydrogen-bond acceptors (Lipinski definition) is 3. The number of aliphatic imine (C=N–C) groups is 1. The van der Waals surface area contributed by atoms with E-state index in [1.165, 1.54) is 0 Å². The van der Waals surface area contributed by atoms with Crippen molar-refractivity contribution >= 4 is 12.4 Å². The summed E-state index contributed by atoms with van der Waals surface area (Å²) in [5, 5.41) is 0. The van der Waals surface area contributed by atoms with Gasteiger partial charge in [-0.05, 0) is 12.8 Å². The van der Waals surface area contributed by atoms with Gasteiger partial charge >= 0.3 is 0 Å². The maximum absolute atomic E-state index is 10.8. The number of carbonyl (C=O) groups is 1. The quantitative estimate of drug-likeness (QED) is 0.355. The molecule has 0 radical (unpaired) electrons. The highest BCUT2D eigenvalue weighted by Gasteiger charge is 2.36. The number of hydrogen-bond donors (Lipinski definition) is 0. The second-order valence-electron chi connectivity index (χ2n) is 3.61. The monoisotopic (exact) mass is 167 g/mol. The van der Waals surface area contributed by atoms with E-state index in [9.17, 15) is 9.59 Å². The maximum Gasteiger partial charge on any atom is 0.235 e. The lowest BCUT2D eigenvalue weighted by Gasteiger charge is -2.33. The molecule has 2 unspecified atom stereocenters. The molecule has 1 aliphatic rings. The van der Waals surface area contributed by atoms with Crippen LogP contribution < -0.4 is 0 Å². The molecule has 0 amide bonds. The molecule has 3 nitrogen and oxygen atoms in total. The minimum atomic E-state index is -0.421. The largest absolute Gasteiger partial charge is 0.303 e. The van der Waals surface area contributed by atoms with Gasteiger partial charge in [-0.3, -0.25) is 0 Å². The molecule has 0 aromatic carbocycles. The van der Waals surface area contributed by atoms with Crippen LogP contribution in [0.1, 0.15) is 32.6 Å². The molecule has 0 bridgehead atoms. The van der Waals surface area contributed by atoms with Crippen LogP contribution in [0, 0.1) is 5.41 Å². The second kappa shape index (κ2) is 3.63. The average molecular weight is 167 g/mol. The first kappa shape index (κ1) is 9.14. The van der Waals surface area contributed by atoms with Gasteiger partial charge in [-0.25, -0.2) is 9.79 Å². The zero-order valence-corrected chi connectivity index (χ0v) is 7.25. The van der Waals surface area contributed by atoms with Crippen LogP contribution in [0.15, 0.2) is 4.99 Å². The summed E-state index contributed by atoms with van der Waals surface area (Å²) in [7, 11) is 0. The second-order valence-corrected chi connectivity index (χ2v) is 3.61. The lowest BCUT2D eigenvalue weighted by molar-refractivity contribution is -0.117. The van der Waals surface area contributed by atoms with E-state index in [-0.39, 0.29) is 6.04 Å². The fourth-order valence-electron chi connectivity index (χ4n) is 1.75. The van der Waals surface area contributed by atoms with Crippen molar-refractivity contribution in [2.75, 3.05) is 0 Å². The van der Waals surface area contributed by atoms with Crippen molar-refractivity contribution in [2.24, 2.45) is 10.4 Å². The molecule has 0 aliphatic heterocycles. The van der Waals surface area contributed by atoms with Gasteiger partial charge in [0, 0.05) is 5.41 Å². The van der Waals surface area contributed by atoms with E-state index in [4.69, 9.17) is 0 Å². The van der Waals surface area contributed by atoms with Crippen LogP contribution in [-0.4, -0.2) is 18.4 Å².